The fourth-order valence-electron chi connectivity index (χ4n) is 3.49. The number of aliphatic carboxylic acids is 1. The van der Waals surface area contributed by atoms with Crippen LogP contribution in [0.4, 0.5) is 0 Å². The Balaban J connectivity index is 1.44. The normalized spacial score (nSPS) is 11.7. The molecule has 0 bridgehead atoms. The molecular weight excluding hydrogens is 529 g/mol. The number of benzene rings is 4. The van der Waals surface area contributed by atoms with Gasteiger partial charge in [0.05, 0.1) is 0 Å². The molecule has 0 aromatic heterocycles. The average molecular weight is 551 g/mol. The Labute approximate surface area is 205 Å². The van der Waals surface area contributed by atoms with E-state index in [1.807, 2.05) is 78.9 Å². The molecule has 1 atom stereocenters. The predicted octanol–water partition coefficient (Wildman–Crippen LogP) is 5.45. The van der Waals surface area contributed by atoms with Crippen molar-refractivity contribution in [3.63, 3.8) is 0 Å². The zero-order valence-corrected chi connectivity index (χ0v) is 19.9. The van der Waals surface area contributed by atoms with Gasteiger partial charge in [0.2, 0.25) is 0 Å². The predicted molar refractivity (Wildman–Crippen MR) is 136 cm³/mol. The zero-order valence-electron chi connectivity index (χ0n) is 17.7. The van der Waals surface area contributed by atoms with E-state index in [4.69, 9.17) is 4.74 Å². The van der Waals surface area contributed by atoms with Gasteiger partial charge in [-0.2, -0.15) is 0 Å². The van der Waals surface area contributed by atoms with Crippen LogP contribution in [0.2, 0.25) is 0 Å². The molecule has 6 heteroatoms. The number of carbonyl (C=O) groups is 2. The molecular formula is C27H22INO4. The van der Waals surface area contributed by atoms with Crippen LogP contribution in [0.3, 0.4) is 0 Å². The van der Waals surface area contributed by atoms with Crippen molar-refractivity contribution in [2.75, 3.05) is 0 Å². The van der Waals surface area contributed by atoms with Crippen LogP contribution in [-0.2, 0) is 17.8 Å². The number of fused-ring (bicyclic) bond motifs is 1. The number of rotatable bonds is 8. The number of hydrogen-bond acceptors (Lipinski definition) is 3. The molecule has 4 aromatic rings. The molecule has 5 nitrogen and oxygen atoms in total. The lowest BCUT2D eigenvalue weighted by molar-refractivity contribution is -0.139. The van der Waals surface area contributed by atoms with Crippen LogP contribution in [0.1, 0.15) is 21.5 Å². The summed E-state index contributed by atoms with van der Waals surface area (Å²) in [4.78, 5) is 24.5. The Hall–Kier alpha value is -3.39. The van der Waals surface area contributed by atoms with Crippen molar-refractivity contribution in [3.05, 3.63) is 111 Å². The second-order valence-corrected chi connectivity index (χ2v) is 8.94. The van der Waals surface area contributed by atoms with E-state index in [9.17, 15) is 14.7 Å². The molecule has 0 aliphatic heterocycles. The van der Waals surface area contributed by atoms with Crippen molar-refractivity contribution in [3.8, 4) is 5.75 Å². The van der Waals surface area contributed by atoms with E-state index in [1.54, 1.807) is 12.1 Å². The highest BCUT2D eigenvalue weighted by Crippen LogP contribution is 2.23. The Morgan fingerprint density at radius 3 is 2.27 bits per heavy atom. The van der Waals surface area contributed by atoms with Crippen LogP contribution in [0.5, 0.6) is 5.75 Å². The smallest absolute Gasteiger partial charge is 0.326 e. The summed E-state index contributed by atoms with van der Waals surface area (Å²) in [6.07, 6.45) is 0.216. The van der Waals surface area contributed by atoms with Crippen LogP contribution in [0, 0.1) is 3.57 Å². The Morgan fingerprint density at radius 1 is 0.848 bits per heavy atom. The van der Waals surface area contributed by atoms with Crippen molar-refractivity contribution in [1.82, 2.24) is 5.32 Å². The van der Waals surface area contributed by atoms with Crippen molar-refractivity contribution in [1.29, 1.82) is 0 Å². The standard InChI is InChI=1S/C27H22INO4/c28-23-11-6-18(7-12-23)14-25(27(31)32)29-26(30)22-9-8-21-16-24(13-10-20(21)15-22)33-17-19-4-2-1-3-5-19/h1-13,15-16,25H,14,17H2,(H,29,30)(H,31,32). The summed E-state index contributed by atoms with van der Waals surface area (Å²) in [6.45, 7) is 0.476. The first kappa shape index (κ1) is 22.8. The molecule has 1 unspecified atom stereocenters. The van der Waals surface area contributed by atoms with Crippen LogP contribution < -0.4 is 10.1 Å². The zero-order chi connectivity index (χ0) is 23.2. The molecule has 0 aliphatic carbocycles. The van der Waals surface area contributed by atoms with Gasteiger partial charge in [0.15, 0.2) is 0 Å². The third-order valence-corrected chi connectivity index (χ3v) is 6.00. The highest BCUT2D eigenvalue weighted by atomic mass is 127. The molecule has 4 rings (SSSR count). The van der Waals surface area contributed by atoms with Gasteiger partial charge in [0, 0.05) is 15.6 Å². The number of ether oxygens (including phenoxy) is 1. The maximum atomic E-state index is 12.8. The minimum Gasteiger partial charge on any atom is -0.489 e. The van der Waals surface area contributed by atoms with Gasteiger partial charge in [-0.1, -0.05) is 54.6 Å². The molecule has 4 aromatic carbocycles. The summed E-state index contributed by atoms with van der Waals surface area (Å²) in [5.74, 6) is -0.742. The molecule has 0 radical (unpaired) electrons. The number of carboxylic acid groups (broad SMARTS) is 1. The van der Waals surface area contributed by atoms with Gasteiger partial charge in [-0.15, -0.1) is 0 Å². The van der Waals surface area contributed by atoms with Gasteiger partial charge in [-0.3, -0.25) is 4.79 Å². The molecule has 2 N–H and O–H groups in total. The third kappa shape index (κ3) is 6.10. The van der Waals surface area contributed by atoms with Crippen LogP contribution in [0.25, 0.3) is 10.8 Å². The van der Waals surface area contributed by atoms with Crippen LogP contribution >= 0.6 is 22.6 Å². The van der Waals surface area contributed by atoms with Gasteiger partial charge in [0.25, 0.3) is 5.91 Å². The molecule has 0 saturated heterocycles. The first-order chi connectivity index (χ1) is 16.0. The van der Waals surface area contributed by atoms with E-state index < -0.39 is 17.9 Å². The number of carbonyl (C=O) groups excluding carboxylic acids is 1. The lowest BCUT2D eigenvalue weighted by Crippen LogP contribution is -2.42. The maximum Gasteiger partial charge on any atom is 0.326 e. The van der Waals surface area contributed by atoms with Gasteiger partial charge in [-0.05, 0) is 80.9 Å². The van der Waals surface area contributed by atoms with Crippen molar-refractivity contribution >= 4 is 45.2 Å². The highest BCUT2D eigenvalue weighted by Gasteiger charge is 2.21. The van der Waals surface area contributed by atoms with Gasteiger partial charge in [-0.25, -0.2) is 4.79 Å². The summed E-state index contributed by atoms with van der Waals surface area (Å²) < 4.78 is 6.94. The van der Waals surface area contributed by atoms with E-state index in [-0.39, 0.29) is 6.42 Å². The fraction of sp³-hybridized carbons (Fsp3) is 0.111. The summed E-state index contributed by atoms with van der Waals surface area (Å²) >= 11 is 2.19. The lowest BCUT2D eigenvalue weighted by atomic mass is 10.0. The Bertz CT molecular complexity index is 1270. The monoisotopic (exact) mass is 551 g/mol. The van der Waals surface area contributed by atoms with E-state index in [1.165, 1.54) is 0 Å². The Morgan fingerprint density at radius 2 is 1.55 bits per heavy atom. The summed E-state index contributed by atoms with van der Waals surface area (Å²) in [5, 5.41) is 14.0. The molecule has 0 aliphatic rings. The molecule has 0 saturated carbocycles. The van der Waals surface area contributed by atoms with Crippen molar-refractivity contribution < 1.29 is 19.4 Å². The molecule has 166 valence electrons. The van der Waals surface area contributed by atoms with Crippen LogP contribution in [0.15, 0.2) is 91.0 Å². The van der Waals surface area contributed by atoms with Gasteiger partial charge in [0.1, 0.15) is 18.4 Å². The molecule has 33 heavy (non-hydrogen) atoms. The van der Waals surface area contributed by atoms with Gasteiger partial charge < -0.3 is 15.2 Å². The van der Waals surface area contributed by atoms with Crippen molar-refractivity contribution in [2.45, 2.75) is 19.1 Å². The van der Waals surface area contributed by atoms with Gasteiger partial charge >= 0.3 is 5.97 Å². The number of halogens is 1. The minimum atomic E-state index is -1.07. The van der Waals surface area contributed by atoms with E-state index >= 15 is 0 Å². The molecule has 0 spiro atoms. The number of hydrogen-bond donors (Lipinski definition) is 2. The first-order valence-corrected chi connectivity index (χ1v) is 11.5. The molecule has 1 amide bonds. The third-order valence-electron chi connectivity index (χ3n) is 5.28. The minimum absolute atomic E-state index is 0.216. The number of carboxylic acids is 1. The lowest BCUT2D eigenvalue weighted by Gasteiger charge is -2.15. The Kier molecular flexibility index (Phi) is 7.24. The maximum absolute atomic E-state index is 12.8. The summed E-state index contributed by atoms with van der Waals surface area (Å²) in [6, 6.07) is 27.5. The van der Waals surface area contributed by atoms with E-state index in [2.05, 4.69) is 27.9 Å². The number of nitrogens with one attached hydrogen (secondary N) is 1. The van der Waals surface area contributed by atoms with E-state index in [0.717, 1.165) is 31.2 Å². The topological polar surface area (TPSA) is 75.6 Å². The average Bonchev–Trinajstić information content (AvgIpc) is 2.83. The number of amides is 1. The van der Waals surface area contributed by atoms with Crippen LogP contribution in [-0.4, -0.2) is 23.0 Å². The van der Waals surface area contributed by atoms with Crippen molar-refractivity contribution in [2.24, 2.45) is 0 Å². The summed E-state index contributed by atoms with van der Waals surface area (Å²) in [5.41, 5.74) is 2.35. The molecule has 0 fully saturated rings. The first-order valence-electron chi connectivity index (χ1n) is 10.5. The summed E-state index contributed by atoms with van der Waals surface area (Å²) in [7, 11) is 0. The largest absolute Gasteiger partial charge is 0.489 e. The second kappa shape index (κ2) is 10.5. The molecule has 0 heterocycles. The SMILES string of the molecule is O=C(NC(Cc1ccc(I)cc1)C(=O)O)c1ccc2cc(OCc3ccccc3)ccc2c1. The highest BCUT2D eigenvalue weighted by molar-refractivity contribution is 14.1. The fourth-order valence-corrected chi connectivity index (χ4v) is 3.85. The quantitative estimate of drug-likeness (QED) is 0.286. The second-order valence-electron chi connectivity index (χ2n) is 7.69. The van der Waals surface area contributed by atoms with E-state index in [0.29, 0.717) is 12.2 Å².